The lowest BCUT2D eigenvalue weighted by Crippen LogP contribution is -2.33. The van der Waals surface area contributed by atoms with E-state index in [1.807, 2.05) is 0 Å². The van der Waals surface area contributed by atoms with E-state index in [1.54, 1.807) is 0 Å². The lowest BCUT2D eigenvalue weighted by Gasteiger charge is -2.11. The summed E-state index contributed by atoms with van der Waals surface area (Å²) in [6.07, 6.45) is 4.93. The number of thiocarbonyl (C=S) groups is 1. The van der Waals surface area contributed by atoms with Gasteiger partial charge in [0.25, 0.3) is 0 Å². The lowest BCUT2D eigenvalue weighted by atomic mass is 10.3. The summed E-state index contributed by atoms with van der Waals surface area (Å²) in [4.78, 5) is 0.440. The molecule has 15 heavy (non-hydrogen) atoms. The molecule has 0 aromatic carbocycles. The van der Waals surface area contributed by atoms with E-state index in [0.29, 0.717) is 24.4 Å². The summed E-state index contributed by atoms with van der Waals surface area (Å²) < 4.78 is 26.0. The van der Waals surface area contributed by atoms with Gasteiger partial charge in [0, 0.05) is 6.54 Å². The molecule has 0 spiro atoms. The van der Waals surface area contributed by atoms with Gasteiger partial charge in [-0.3, -0.25) is 0 Å². The fourth-order valence-electron chi connectivity index (χ4n) is 1.79. The third-order valence-corrected chi connectivity index (χ3v) is 4.80. The second kappa shape index (κ2) is 5.77. The highest BCUT2D eigenvalue weighted by molar-refractivity contribution is 7.90. The number of nitrogens with two attached hydrogens (primary N) is 1. The third kappa shape index (κ3) is 4.44. The first-order valence-corrected chi connectivity index (χ1v) is 7.24. The molecule has 1 fully saturated rings. The maximum Gasteiger partial charge on any atom is 0.214 e. The van der Waals surface area contributed by atoms with Gasteiger partial charge >= 0.3 is 0 Å². The van der Waals surface area contributed by atoms with Crippen LogP contribution in [0.25, 0.3) is 0 Å². The van der Waals surface area contributed by atoms with Gasteiger partial charge in [-0.25, -0.2) is 13.1 Å². The first kappa shape index (κ1) is 12.9. The Labute approximate surface area is 96.7 Å². The predicted molar refractivity (Wildman–Crippen MR) is 65.2 cm³/mol. The first-order valence-electron chi connectivity index (χ1n) is 5.29. The van der Waals surface area contributed by atoms with Crippen molar-refractivity contribution in [2.45, 2.75) is 43.8 Å². The van der Waals surface area contributed by atoms with E-state index in [0.717, 1.165) is 25.7 Å². The van der Waals surface area contributed by atoms with Gasteiger partial charge in [-0.15, -0.1) is 0 Å². The molecule has 0 aromatic heterocycles. The first-order chi connectivity index (χ1) is 7.02. The van der Waals surface area contributed by atoms with E-state index in [-0.39, 0.29) is 5.25 Å². The summed E-state index contributed by atoms with van der Waals surface area (Å²) >= 11 is 4.71. The van der Waals surface area contributed by atoms with Crippen LogP contribution in [0.15, 0.2) is 0 Å². The maximum atomic E-state index is 11.7. The largest absolute Gasteiger partial charge is 0.393 e. The summed E-state index contributed by atoms with van der Waals surface area (Å²) in [5, 5.41) is -0.178. The second-order valence-electron chi connectivity index (χ2n) is 3.92. The summed E-state index contributed by atoms with van der Waals surface area (Å²) in [6, 6.07) is 0. The lowest BCUT2D eigenvalue weighted by molar-refractivity contribution is 0.563. The summed E-state index contributed by atoms with van der Waals surface area (Å²) in [5.41, 5.74) is 5.32. The fraction of sp³-hybridized carbons (Fsp3) is 0.889. The molecule has 0 atom stereocenters. The molecule has 1 aliphatic rings. The van der Waals surface area contributed by atoms with Crippen LogP contribution in [0.4, 0.5) is 0 Å². The van der Waals surface area contributed by atoms with Crippen LogP contribution in [-0.4, -0.2) is 25.2 Å². The minimum absolute atomic E-state index is 0.178. The van der Waals surface area contributed by atoms with Crippen molar-refractivity contribution in [1.29, 1.82) is 0 Å². The van der Waals surface area contributed by atoms with Gasteiger partial charge in [-0.05, 0) is 25.7 Å². The third-order valence-electron chi connectivity index (χ3n) is 2.64. The molecule has 0 heterocycles. The Balaban J connectivity index is 2.27. The van der Waals surface area contributed by atoms with Crippen molar-refractivity contribution in [2.24, 2.45) is 5.73 Å². The van der Waals surface area contributed by atoms with Crippen molar-refractivity contribution in [3.05, 3.63) is 0 Å². The number of rotatable bonds is 6. The second-order valence-corrected chi connectivity index (χ2v) is 6.49. The zero-order valence-corrected chi connectivity index (χ0v) is 10.4. The molecular weight excluding hydrogens is 232 g/mol. The number of sulfonamides is 1. The highest BCUT2D eigenvalue weighted by atomic mass is 32.2. The quantitative estimate of drug-likeness (QED) is 0.543. The Bertz CT molecular complexity index is 308. The molecule has 4 nitrogen and oxygen atoms in total. The molecule has 88 valence electrons. The van der Waals surface area contributed by atoms with Crippen LogP contribution in [0.3, 0.4) is 0 Å². The van der Waals surface area contributed by atoms with Crippen LogP contribution in [0.1, 0.15) is 38.5 Å². The van der Waals surface area contributed by atoms with E-state index in [1.165, 1.54) is 0 Å². The monoisotopic (exact) mass is 250 g/mol. The van der Waals surface area contributed by atoms with Crippen LogP contribution >= 0.6 is 12.2 Å². The van der Waals surface area contributed by atoms with Crippen LogP contribution in [-0.2, 0) is 10.0 Å². The van der Waals surface area contributed by atoms with Crippen LogP contribution in [0, 0.1) is 0 Å². The smallest absolute Gasteiger partial charge is 0.214 e. The average Bonchev–Trinajstić information content (AvgIpc) is 2.65. The van der Waals surface area contributed by atoms with E-state index in [2.05, 4.69) is 4.72 Å². The number of hydrogen-bond acceptors (Lipinski definition) is 3. The average molecular weight is 250 g/mol. The van der Waals surface area contributed by atoms with E-state index in [4.69, 9.17) is 18.0 Å². The molecule has 0 amide bonds. The minimum atomic E-state index is -3.09. The summed E-state index contributed by atoms with van der Waals surface area (Å²) in [5.74, 6) is 0. The molecule has 6 heteroatoms. The molecule has 1 aliphatic carbocycles. The van der Waals surface area contributed by atoms with Gasteiger partial charge in [0.15, 0.2) is 0 Å². The molecule has 0 aliphatic heterocycles. The molecule has 0 bridgehead atoms. The van der Waals surface area contributed by atoms with E-state index in [9.17, 15) is 8.42 Å². The van der Waals surface area contributed by atoms with Gasteiger partial charge in [0.1, 0.15) is 0 Å². The van der Waals surface area contributed by atoms with Crippen LogP contribution < -0.4 is 10.5 Å². The highest BCUT2D eigenvalue weighted by Gasteiger charge is 2.27. The van der Waals surface area contributed by atoms with Gasteiger partial charge in [-0.1, -0.05) is 25.1 Å². The zero-order chi connectivity index (χ0) is 11.3. The fourth-order valence-corrected chi connectivity index (χ4v) is 3.56. The highest BCUT2D eigenvalue weighted by Crippen LogP contribution is 2.23. The molecule has 0 saturated heterocycles. The van der Waals surface area contributed by atoms with Crippen molar-refractivity contribution in [3.8, 4) is 0 Å². The van der Waals surface area contributed by atoms with E-state index >= 15 is 0 Å². The van der Waals surface area contributed by atoms with E-state index < -0.39 is 10.0 Å². The van der Waals surface area contributed by atoms with Crippen molar-refractivity contribution in [3.63, 3.8) is 0 Å². The Morgan fingerprint density at radius 2 is 2.00 bits per heavy atom. The molecule has 0 unspecified atom stereocenters. The molecular formula is C9H18N2O2S2. The van der Waals surface area contributed by atoms with Gasteiger partial charge in [-0.2, -0.15) is 0 Å². The molecule has 1 saturated carbocycles. The van der Waals surface area contributed by atoms with Gasteiger partial charge in [0.05, 0.1) is 10.2 Å². The summed E-state index contributed by atoms with van der Waals surface area (Å²) in [6.45, 7) is 0.441. The van der Waals surface area contributed by atoms with Crippen molar-refractivity contribution in [1.82, 2.24) is 4.72 Å². The van der Waals surface area contributed by atoms with Gasteiger partial charge in [0.2, 0.25) is 10.0 Å². The van der Waals surface area contributed by atoms with Crippen LogP contribution in [0.5, 0.6) is 0 Å². The molecule has 1 rings (SSSR count). The van der Waals surface area contributed by atoms with Crippen molar-refractivity contribution in [2.75, 3.05) is 6.54 Å². The van der Waals surface area contributed by atoms with Gasteiger partial charge < -0.3 is 5.73 Å². The number of hydrogen-bond donors (Lipinski definition) is 2. The summed E-state index contributed by atoms with van der Waals surface area (Å²) in [7, 11) is -3.09. The standard InChI is InChI=1S/C9H18N2O2S2/c10-9(14)6-3-7-11-15(12,13)8-4-1-2-5-8/h8,11H,1-7H2,(H2,10,14). The van der Waals surface area contributed by atoms with Crippen LogP contribution in [0.2, 0.25) is 0 Å². The topological polar surface area (TPSA) is 72.2 Å². The molecule has 3 N–H and O–H groups in total. The minimum Gasteiger partial charge on any atom is -0.393 e. The zero-order valence-electron chi connectivity index (χ0n) is 8.74. The van der Waals surface area contributed by atoms with Crippen molar-refractivity contribution < 1.29 is 8.42 Å². The Morgan fingerprint density at radius 3 is 2.53 bits per heavy atom. The Kier molecular flexibility index (Phi) is 4.95. The van der Waals surface area contributed by atoms with Crippen molar-refractivity contribution >= 4 is 27.2 Å². The predicted octanol–water partition coefficient (Wildman–Crippen LogP) is 0.915. The molecule has 0 radical (unpaired) electrons. The SMILES string of the molecule is NC(=S)CCCNS(=O)(=O)C1CCCC1. The normalized spacial score (nSPS) is 18.1. The molecule has 0 aromatic rings. The Morgan fingerprint density at radius 1 is 1.40 bits per heavy atom. The number of nitrogens with one attached hydrogen (secondary N) is 1. The maximum absolute atomic E-state index is 11.7. The Hall–Kier alpha value is -0.200.